The largest absolute Gasteiger partial charge is 0.481 e. The number of nitrogens with two attached hydrogens (primary N) is 1. The molecule has 0 aliphatic carbocycles. The topological polar surface area (TPSA) is 225 Å². The van der Waals surface area contributed by atoms with Gasteiger partial charge in [-0.05, 0) is 32.1 Å². The van der Waals surface area contributed by atoms with Gasteiger partial charge in [0.2, 0.25) is 17.7 Å². The van der Waals surface area contributed by atoms with Crippen LogP contribution in [0, 0.1) is 5.92 Å². The summed E-state index contributed by atoms with van der Waals surface area (Å²) in [5.74, 6) is -6.23. The first-order valence-corrected chi connectivity index (χ1v) is 10.1. The van der Waals surface area contributed by atoms with Gasteiger partial charge in [-0.25, -0.2) is 4.79 Å². The molecule has 0 aromatic carbocycles. The summed E-state index contributed by atoms with van der Waals surface area (Å²) in [7, 11) is 0. The van der Waals surface area contributed by atoms with Crippen molar-refractivity contribution in [2.75, 3.05) is 0 Å². The van der Waals surface area contributed by atoms with Gasteiger partial charge in [-0.15, -0.1) is 0 Å². The number of rotatable bonds is 15. The molecule has 182 valence electrons. The number of carbonyl (C=O) groups is 6. The van der Waals surface area contributed by atoms with E-state index < -0.39 is 79.1 Å². The van der Waals surface area contributed by atoms with E-state index in [9.17, 15) is 33.9 Å². The molecular weight excluding hydrogens is 428 g/mol. The van der Waals surface area contributed by atoms with Gasteiger partial charge in [0.25, 0.3) is 0 Å². The maximum atomic E-state index is 12.5. The Morgan fingerprint density at radius 1 is 0.719 bits per heavy atom. The molecule has 0 spiro atoms. The normalized spacial score (nSPS) is 14.5. The molecule has 8 N–H and O–H groups in total. The van der Waals surface area contributed by atoms with Crippen LogP contribution in [-0.2, 0) is 28.8 Å². The molecule has 32 heavy (non-hydrogen) atoms. The number of hydrogen-bond donors (Lipinski definition) is 7. The van der Waals surface area contributed by atoms with Crippen LogP contribution < -0.4 is 21.7 Å². The van der Waals surface area contributed by atoms with E-state index in [2.05, 4.69) is 16.0 Å². The smallest absolute Gasteiger partial charge is 0.326 e. The maximum absolute atomic E-state index is 12.5. The second kappa shape index (κ2) is 14.0. The molecule has 0 aromatic heterocycles. The summed E-state index contributed by atoms with van der Waals surface area (Å²) in [6.45, 7) is 5.08. The van der Waals surface area contributed by atoms with Gasteiger partial charge in [-0.2, -0.15) is 0 Å². The Morgan fingerprint density at radius 3 is 1.62 bits per heavy atom. The van der Waals surface area contributed by atoms with E-state index in [4.69, 9.17) is 15.9 Å². The monoisotopic (exact) mass is 460 g/mol. The van der Waals surface area contributed by atoms with Gasteiger partial charge in [-0.3, -0.25) is 24.0 Å². The number of carboxylic acids is 3. The SMILES string of the molecule is CC(C)CC(N)C(=O)NC(C)C(=O)NC(CCC(=O)O)C(=O)NC(CCC(=O)O)C(=O)O. The van der Waals surface area contributed by atoms with Crippen molar-refractivity contribution < 1.29 is 44.1 Å². The summed E-state index contributed by atoms with van der Waals surface area (Å²) in [6, 6.07) is -4.92. The minimum Gasteiger partial charge on any atom is -0.481 e. The predicted molar refractivity (Wildman–Crippen MR) is 110 cm³/mol. The number of carbonyl (C=O) groups excluding carboxylic acids is 3. The molecule has 13 heteroatoms. The number of carboxylic acid groups (broad SMARTS) is 3. The molecule has 4 unspecified atom stereocenters. The lowest BCUT2D eigenvalue weighted by Crippen LogP contribution is -2.56. The van der Waals surface area contributed by atoms with Crippen LogP contribution in [0.1, 0.15) is 52.9 Å². The van der Waals surface area contributed by atoms with Crippen LogP contribution >= 0.6 is 0 Å². The zero-order chi connectivity index (χ0) is 25.0. The van der Waals surface area contributed by atoms with Gasteiger partial charge < -0.3 is 37.0 Å². The van der Waals surface area contributed by atoms with Crippen molar-refractivity contribution in [2.45, 2.75) is 77.0 Å². The van der Waals surface area contributed by atoms with Crippen LogP contribution in [0.15, 0.2) is 0 Å². The van der Waals surface area contributed by atoms with Gasteiger partial charge in [0, 0.05) is 12.8 Å². The molecule has 0 heterocycles. The van der Waals surface area contributed by atoms with Crippen molar-refractivity contribution in [1.29, 1.82) is 0 Å². The Balaban J connectivity index is 5.19. The fraction of sp³-hybridized carbons (Fsp3) is 0.684. The van der Waals surface area contributed by atoms with Gasteiger partial charge in [0.15, 0.2) is 0 Å². The highest BCUT2D eigenvalue weighted by atomic mass is 16.4. The molecule has 0 radical (unpaired) electrons. The lowest BCUT2D eigenvalue weighted by atomic mass is 10.0. The first-order chi connectivity index (χ1) is 14.7. The predicted octanol–water partition coefficient (Wildman–Crippen LogP) is -1.35. The lowest BCUT2D eigenvalue weighted by molar-refractivity contribution is -0.144. The molecule has 0 aliphatic rings. The highest BCUT2D eigenvalue weighted by Gasteiger charge is 2.29. The lowest BCUT2D eigenvalue weighted by Gasteiger charge is -2.23. The van der Waals surface area contributed by atoms with E-state index in [1.54, 1.807) is 0 Å². The average Bonchev–Trinajstić information content (AvgIpc) is 2.66. The van der Waals surface area contributed by atoms with E-state index in [0.29, 0.717) is 6.42 Å². The standard InChI is InChI=1S/C19H32N4O9/c1-9(2)8-11(20)17(29)21-10(3)16(28)22-12(4-6-14(24)25)18(30)23-13(19(31)32)5-7-15(26)27/h9-13H,4-8,20H2,1-3H3,(H,21,29)(H,22,28)(H,23,30)(H,24,25)(H,26,27)(H,31,32). The summed E-state index contributed by atoms with van der Waals surface area (Å²) in [6.07, 6.45) is -1.41. The maximum Gasteiger partial charge on any atom is 0.326 e. The summed E-state index contributed by atoms with van der Waals surface area (Å²) >= 11 is 0. The molecule has 3 amide bonds. The van der Waals surface area contributed by atoms with E-state index in [1.807, 2.05) is 13.8 Å². The van der Waals surface area contributed by atoms with E-state index in [1.165, 1.54) is 6.92 Å². The summed E-state index contributed by atoms with van der Waals surface area (Å²) in [5, 5.41) is 33.5. The molecule has 0 aliphatic heterocycles. The zero-order valence-electron chi connectivity index (χ0n) is 18.3. The zero-order valence-corrected chi connectivity index (χ0v) is 18.3. The first kappa shape index (κ1) is 28.8. The minimum atomic E-state index is -1.55. The van der Waals surface area contributed by atoms with Crippen LogP contribution in [0.25, 0.3) is 0 Å². The minimum absolute atomic E-state index is 0.146. The van der Waals surface area contributed by atoms with E-state index in [0.717, 1.165) is 0 Å². The number of nitrogens with one attached hydrogen (secondary N) is 3. The highest BCUT2D eigenvalue weighted by molar-refractivity contribution is 5.94. The summed E-state index contributed by atoms with van der Waals surface area (Å²) in [5.41, 5.74) is 5.76. The number of hydrogen-bond acceptors (Lipinski definition) is 7. The molecule has 13 nitrogen and oxygen atoms in total. The van der Waals surface area contributed by atoms with Gasteiger partial charge in [0.05, 0.1) is 6.04 Å². The van der Waals surface area contributed by atoms with Gasteiger partial charge in [0.1, 0.15) is 18.1 Å². The molecule has 0 aromatic rings. The van der Waals surface area contributed by atoms with Gasteiger partial charge in [-0.1, -0.05) is 13.8 Å². The molecule has 0 saturated carbocycles. The fourth-order valence-corrected chi connectivity index (χ4v) is 2.63. The third-order valence-electron chi connectivity index (χ3n) is 4.36. The van der Waals surface area contributed by atoms with E-state index >= 15 is 0 Å². The number of amides is 3. The van der Waals surface area contributed by atoms with Crippen molar-refractivity contribution in [3.05, 3.63) is 0 Å². The Hall–Kier alpha value is -3.22. The molecule has 0 saturated heterocycles. The van der Waals surface area contributed by atoms with Crippen LogP contribution in [0.5, 0.6) is 0 Å². The van der Waals surface area contributed by atoms with Crippen molar-refractivity contribution in [1.82, 2.24) is 16.0 Å². The van der Waals surface area contributed by atoms with Gasteiger partial charge >= 0.3 is 17.9 Å². The molecule has 0 bridgehead atoms. The third-order valence-corrected chi connectivity index (χ3v) is 4.36. The summed E-state index contributed by atoms with van der Waals surface area (Å²) < 4.78 is 0. The Labute approximate surface area is 185 Å². The van der Waals surface area contributed by atoms with Crippen molar-refractivity contribution in [2.24, 2.45) is 11.7 Å². The second-order valence-corrected chi connectivity index (χ2v) is 7.79. The van der Waals surface area contributed by atoms with Crippen LogP contribution in [-0.4, -0.2) is 75.1 Å². The Kier molecular flexibility index (Phi) is 12.6. The van der Waals surface area contributed by atoms with Crippen LogP contribution in [0.2, 0.25) is 0 Å². The fourth-order valence-electron chi connectivity index (χ4n) is 2.63. The van der Waals surface area contributed by atoms with Crippen LogP contribution in [0.4, 0.5) is 0 Å². The highest BCUT2D eigenvalue weighted by Crippen LogP contribution is 2.05. The molecular formula is C19H32N4O9. The van der Waals surface area contributed by atoms with Crippen molar-refractivity contribution in [3.63, 3.8) is 0 Å². The van der Waals surface area contributed by atoms with E-state index in [-0.39, 0.29) is 12.3 Å². The summed E-state index contributed by atoms with van der Waals surface area (Å²) in [4.78, 5) is 69.8. The quantitative estimate of drug-likeness (QED) is 0.152. The molecule has 0 fully saturated rings. The van der Waals surface area contributed by atoms with Crippen molar-refractivity contribution in [3.8, 4) is 0 Å². The first-order valence-electron chi connectivity index (χ1n) is 10.1. The van der Waals surface area contributed by atoms with Crippen LogP contribution in [0.3, 0.4) is 0 Å². The number of aliphatic carboxylic acids is 3. The second-order valence-electron chi connectivity index (χ2n) is 7.79. The third kappa shape index (κ3) is 11.8. The Bertz CT molecular complexity index is 711. The Morgan fingerprint density at radius 2 is 1.19 bits per heavy atom. The molecule has 0 rings (SSSR count). The van der Waals surface area contributed by atoms with Crippen molar-refractivity contribution >= 4 is 35.6 Å². The molecule has 4 atom stereocenters. The average molecular weight is 460 g/mol.